The molecule has 0 aliphatic carbocycles. The van der Waals surface area contributed by atoms with Crippen molar-refractivity contribution in [1.29, 1.82) is 0 Å². The van der Waals surface area contributed by atoms with Crippen molar-refractivity contribution >= 4 is 28.5 Å². The van der Waals surface area contributed by atoms with Crippen LogP contribution < -0.4 is 11.4 Å². The standard InChI is InChI=1S/C30H21NO3/c31-25-17-15-22(16-18-26(32)24-19-23-13-7-8-14-27(23)34-30(24)33)28(20-9-3-1-4-10-20)29(25)21-11-5-2-6-12-21/h1-19H,31H2. The number of nitrogens with two attached hydrogens (primary N) is 1. The molecule has 0 atom stereocenters. The zero-order valence-corrected chi connectivity index (χ0v) is 18.3. The lowest BCUT2D eigenvalue weighted by Gasteiger charge is -2.16. The highest BCUT2D eigenvalue weighted by Gasteiger charge is 2.16. The van der Waals surface area contributed by atoms with Gasteiger partial charge >= 0.3 is 5.63 Å². The number of benzene rings is 4. The Morgan fingerprint density at radius 2 is 1.35 bits per heavy atom. The van der Waals surface area contributed by atoms with Gasteiger partial charge in [0.25, 0.3) is 0 Å². The van der Waals surface area contributed by atoms with Crippen molar-refractivity contribution in [1.82, 2.24) is 0 Å². The second-order valence-electron chi connectivity index (χ2n) is 7.91. The van der Waals surface area contributed by atoms with Crippen molar-refractivity contribution in [3.05, 3.63) is 131 Å². The van der Waals surface area contributed by atoms with Crippen molar-refractivity contribution in [2.45, 2.75) is 0 Å². The number of carbonyl (C=O) groups excluding carboxylic acids is 1. The number of hydrogen-bond donors (Lipinski definition) is 1. The summed E-state index contributed by atoms with van der Waals surface area (Å²) in [6.07, 6.45) is 3.14. The van der Waals surface area contributed by atoms with Crippen LogP contribution in [-0.4, -0.2) is 5.78 Å². The molecule has 4 nitrogen and oxygen atoms in total. The predicted octanol–water partition coefficient (Wildman–Crippen LogP) is 6.61. The molecule has 2 N–H and O–H groups in total. The molecule has 4 aromatic carbocycles. The van der Waals surface area contributed by atoms with Gasteiger partial charge in [0, 0.05) is 16.6 Å². The molecule has 4 heteroatoms. The topological polar surface area (TPSA) is 73.3 Å². The molecule has 34 heavy (non-hydrogen) atoms. The minimum Gasteiger partial charge on any atom is -0.422 e. The summed E-state index contributed by atoms with van der Waals surface area (Å²) in [7, 11) is 0. The Hall–Kier alpha value is -4.70. The van der Waals surface area contributed by atoms with Gasteiger partial charge in [-0.3, -0.25) is 4.79 Å². The fraction of sp³-hybridized carbons (Fsp3) is 0. The number of anilines is 1. The highest BCUT2D eigenvalue weighted by molar-refractivity contribution is 6.08. The van der Waals surface area contributed by atoms with Crippen molar-refractivity contribution in [2.75, 3.05) is 5.73 Å². The number of rotatable bonds is 5. The maximum atomic E-state index is 13.0. The summed E-state index contributed by atoms with van der Waals surface area (Å²) in [6.45, 7) is 0. The number of nitrogen functional groups attached to an aromatic ring is 1. The van der Waals surface area contributed by atoms with Crippen molar-refractivity contribution in [2.24, 2.45) is 0 Å². The molecule has 0 unspecified atom stereocenters. The third-order valence-electron chi connectivity index (χ3n) is 5.72. The molecule has 0 fully saturated rings. The van der Waals surface area contributed by atoms with Crippen LogP contribution in [0.25, 0.3) is 39.3 Å². The fourth-order valence-electron chi connectivity index (χ4n) is 4.09. The van der Waals surface area contributed by atoms with Gasteiger partial charge in [-0.15, -0.1) is 0 Å². The van der Waals surface area contributed by atoms with E-state index in [-0.39, 0.29) is 5.56 Å². The lowest BCUT2D eigenvalue weighted by atomic mass is 9.89. The van der Waals surface area contributed by atoms with Gasteiger partial charge in [0.05, 0.1) is 0 Å². The van der Waals surface area contributed by atoms with E-state index in [9.17, 15) is 9.59 Å². The average molecular weight is 444 g/mol. The molecule has 0 bridgehead atoms. The molecule has 0 saturated carbocycles. The van der Waals surface area contributed by atoms with Crippen LogP contribution in [0.2, 0.25) is 0 Å². The van der Waals surface area contributed by atoms with Gasteiger partial charge in [0.2, 0.25) is 0 Å². The summed E-state index contributed by atoms with van der Waals surface area (Å²) in [5.74, 6) is -0.420. The zero-order chi connectivity index (χ0) is 23.5. The minimum absolute atomic E-state index is 0.00469. The summed E-state index contributed by atoms with van der Waals surface area (Å²) < 4.78 is 5.32. The maximum Gasteiger partial charge on any atom is 0.347 e. The lowest BCUT2D eigenvalue weighted by Crippen LogP contribution is -2.11. The van der Waals surface area contributed by atoms with Gasteiger partial charge < -0.3 is 10.2 Å². The van der Waals surface area contributed by atoms with Crippen molar-refractivity contribution in [3.8, 4) is 22.3 Å². The number of para-hydroxylation sites is 1. The van der Waals surface area contributed by atoms with Crippen molar-refractivity contribution < 1.29 is 9.21 Å². The monoisotopic (exact) mass is 443 g/mol. The van der Waals surface area contributed by atoms with Crippen LogP contribution in [0.3, 0.4) is 0 Å². The van der Waals surface area contributed by atoms with Crippen LogP contribution in [0.1, 0.15) is 15.9 Å². The molecule has 0 amide bonds. The molecule has 164 valence electrons. The Kier molecular flexibility index (Phi) is 5.63. The zero-order valence-electron chi connectivity index (χ0n) is 18.3. The molecule has 0 saturated heterocycles. The van der Waals surface area contributed by atoms with E-state index in [0.717, 1.165) is 27.8 Å². The first-order chi connectivity index (χ1) is 16.6. The molecular weight excluding hydrogens is 422 g/mol. The summed E-state index contributed by atoms with van der Waals surface area (Å²) in [4.78, 5) is 25.4. The van der Waals surface area contributed by atoms with Crippen LogP contribution in [0, 0.1) is 0 Å². The van der Waals surface area contributed by atoms with Gasteiger partial charge in [0.1, 0.15) is 11.1 Å². The van der Waals surface area contributed by atoms with Crippen LogP contribution in [0.5, 0.6) is 0 Å². The summed E-state index contributed by atoms with van der Waals surface area (Å²) in [5, 5.41) is 0.697. The Balaban J connectivity index is 1.63. The number of fused-ring (bicyclic) bond motifs is 1. The number of ketones is 1. The Labute approximate surface area is 196 Å². The van der Waals surface area contributed by atoms with Gasteiger partial charge in [-0.25, -0.2) is 4.79 Å². The lowest BCUT2D eigenvalue weighted by molar-refractivity contribution is 0.104. The van der Waals surface area contributed by atoms with Crippen LogP contribution in [0.15, 0.2) is 118 Å². The normalized spacial score (nSPS) is 11.2. The van der Waals surface area contributed by atoms with E-state index < -0.39 is 11.4 Å². The Morgan fingerprint density at radius 1 is 0.735 bits per heavy atom. The fourth-order valence-corrected chi connectivity index (χ4v) is 4.09. The molecule has 5 rings (SSSR count). The molecule has 0 aliphatic heterocycles. The van der Waals surface area contributed by atoms with Crippen LogP contribution >= 0.6 is 0 Å². The molecule has 0 radical (unpaired) electrons. The molecule has 1 heterocycles. The number of carbonyl (C=O) groups is 1. The van der Waals surface area contributed by atoms with Gasteiger partial charge in [-0.05, 0) is 46.5 Å². The van der Waals surface area contributed by atoms with Crippen LogP contribution in [0.4, 0.5) is 5.69 Å². The Bertz CT molecular complexity index is 1580. The van der Waals surface area contributed by atoms with Gasteiger partial charge in [-0.1, -0.05) is 91.0 Å². The van der Waals surface area contributed by atoms with Gasteiger partial charge in [0.15, 0.2) is 5.78 Å². The first-order valence-corrected chi connectivity index (χ1v) is 10.9. The predicted molar refractivity (Wildman–Crippen MR) is 138 cm³/mol. The van der Waals surface area contributed by atoms with Crippen molar-refractivity contribution in [3.63, 3.8) is 0 Å². The SMILES string of the molecule is Nc1ccc(C=CC(=O)c2cc3ccccc3oc2=O)c(-c2ccccc2)c1-c1ccccc1. The van der Waals surface area contributed by atoms with E-state index in [1.807, 2.05) is 78.9 Å². The van der Waals surface area contributed by atoms with E-state index in [0.29, 0.717) is 16.7 Å². The van der Waals surface area contributed by atoms with E-state index in [1.165, 1.54) is 6.08 Å². The third-order valence-corrected chi connectivity index (χ3v) is 5.72. The molecule has 0 spiro atoms. The highest BCUT2D eigenvalue weighted by Crippen LogP contribution is 2.39. The number of hydrogen-bond acceptors (Lipinski definition) is 4. The van der Waals surface area contributed by atoms with E-state index in [1.54, 1.807) is 30.3 Å². The summed E-state index contributed by atoms with van der Waals surface area (Å²) in [6, 6.07) is 32.2. The van der Waals surface area contributed by atoms with Gasteiger partial charge in [-0.2, -0.15) is 0 Å². The van der Waals surface area contributed by atoms with E-state index >= 15 is 0 Å². The Morgan fingerprint density at radius 3 is 2.06 bits per heavy atom. The second-order valence-corrected chi connectivity index (χ2v) is 7.91. The quantitative estimate of drug-likeness (QED) is 0.144. The third kappa shape index (κ3) is 4.05. The largest absolute Gasteiger partial charge is 0.422 e. The van der Waals surface area contributed by atoms with E-state index in [2.05, 4.69) is 0 Å². The molecule has 5 aromatic rings. The summed E-state index contributed by atoms with van der Waals surface area (Å²) in [5.41, 5.74) is 11.5. The number of allylic oxidation sites excluding steroid dienone is 1. The maximum absolute atomic E-state index is 13.0. The first-order valence-electron chi connectivity index (χ1n) is 10.9. The molecule has 1 aromatic heterocycles. The van der Waals surface area contributed by atoms with E-state index in [4.69, 9.17) is 10.2 Å². The minimum atomic E-state index is -0.654. The molecule has 0 aliphatic rings. The summed E-state index contributed by atoms with van der Waals surface area (Å²) >= 11 is 0. The second kappa shape index (κ2) is 9.04. The first kappa shape index (κ1) is 21.2. The average Bonchev–Trinajstić information content (AvgIpc) is 2.88. The van der Waals surface area contributed by atoms with Crippen LogP contribution in [-0.2, 0) is 0 Å². The molecular formula is C30H21NO3. The smallest absolute Gasteiger partial charge is 0.347 e. The highest BCUT2D eigenvalue weighted by atomic mass is 16.4.